The molecule has 5 nitrogen and oxygen atoms in total. The first-order chi connectivity index (χ1) is 9.78. The number of carbonyl (C=O) groups excluding carboxylic acids is 1. The minimum absolute atomic E-state index is 0.0441. The Morgan fingerprint density at radius 2 is 2.05 bits per heavy atom. The topological polar surface area (TPSA) is 65.4 Å². The molecule has 2 rings (SSSR count). The summed E-state index contributed by atoms with van der Waals surface area (Å²) in [6.07, 6.45) is 1.78. The van der Waals surface area contributed by atoms with Crippen molar-refractivity contribution < 1.29 is 9.53 Å². The molecule has 1 aliphatic heterocycles. The fourth-order valence-electron chi connectivity index (χ4n) is 2.27. The van der Waals surface area contributed by atoms with Gasteiger partial charge in [0.25, 0.3) is 5.91 Å². The summed E-state index contributed by atoms with van der Waals surface area (Å²) in [4.78, 5) is 13.9. The molecule has 1 N–H and O–H groups in total. The number of likely N-dealkylation sites (tertiary alicyclic amines) is 1. The zero-order chi connectivity index (χ0) is 14.2. The quantitative estimate of drug-likeness (QED) is 0.818. The maximum Gasteiger partial charge on any atom is 0.258 e. The zero-order valence-corrected chi connectivity index (χ0v) is 11.4. The molecule has 0 bridgehead atoms. The number of para-hydroxylation sites is 1. The van der Waals surface area contributed by atoms with Crippen LogP contribution in [0.15, 0.2) is 30.3 Å². The van der Waals surface area contributed by atoms with E-state index in [1.165, 1.54) is 0 Å². The van der Waals surface area contributed by atoms with Crippen molar-refractivity contribution in [1.82, 2.24) is 10.2 Å². The number of rotatable bonds is 5. The number of piperidine rings is 1. The minimum Gasteiger partial charge on any atom is -0.484 e. The van der Waals surface area contributed by atoms with Crippen LogP contribution in [0.4, 0.5) is 0 Å². The Hall–Kier alpha value is -2.06. The molecular weight excluding hydrogens is 254 g/mol. The van der Waals surface area contributed by atoms with E-state index < -0.39 is 0 Å². The molecule has 0 saturated carbocycles. The highest BCUT2D eigenvalue weighted by atomic mass is 16.5. The van der Waals surface area contributed by atoms with Gasteiger partial charge in [-0.3, -0.25) is 9.69 Å². The van der Waals surface area contributed by atoms with E-state index in [1.807, 2.05) is 30.3 Å². The molecule has 20 heavy (non-hydrogen) atoms. The van der Waals surface area contributed by atoms with Crippen LogP contribution in [0.25, 0.3) is 0 Å². The molecule has 1 aromatic rings. The third kappa shape index (κ3) is 4.56. The lowest BCUT2D eigenvalue weighted by Crippen LogP contribution is -2.45. The van der Waals surface area contributed by atoms with Gasteiger partial charge in [0.05, 0.1) is 12.6 Å². The van der Waals surface area contributed by atoms with Gasteiger partial charge in [-0.2, -0.15) is 5.26 Å². The van der Waals surface area contributed by atoms with Gasteiger partial charge in [-0.25, -0.2) is 0 Å². The van der Waals surface area contributed by atoms with E-state index in [0.717, 1.165) is 25.9 Å². The van der Waals surface area contributed by atoms with Gasteiger partial charge in [0.1, 0.15) is 5.75 Å². The summed E-state index contributed by atoms with van der Waals surface area (Å²) >= 11 is 0. The van der Waals surface area contributed by atoms with Crippen LogP contribution >= 0.6 is 0 Å². The van der Waals surface area contributed by atoms with Crippen molar-refractivity contribution in [3.05, 3.63) is 30.3 Å². The molecule has 0 aliphatic carbocycles. The molecular formula is C15H19N3O2. The van der Waals surface area contributed by atoms with Gasteiger partial charge in [0.2, 0.25) is 0 Å². The summed E-state index contributed by atoms with van der Waals surface area (Å²) in [5.41, 5.74) is 0. The van der Waals surface area contributed by atoms with Crippen LogP contribution in [0, 0.1) is 11.3 Å². The Kier molecular flexibility index (Phi) is 5.39. The number of nitrogens with zero attached hydrogens (tertiary/aromatic N) is 2. The lowest BCUT2D eigenvalue weighted by Gasteiger charge is -2.30. The molecule has 5 heteroatoms. The average Bonchev–Trinajstić information content (AvgIpc) is 2.49. The van der Waals surface area contributed by atoms with Gasteiger partial charge in [-0.1, -0.05) is 18.2 Å². The molecule has 0 unspecified atom stereocenters. The first kappa shape index (κ1) is 14.4. The van der Waals surface area contributed by atoms with E-state index in [4.69, 9.17) is 10.00 Å². The highest BCUT2D eigenvalue weighted by molar-refractivity contribution is 5.77. The predicted octanol–water partition coefficient (Wildman–Crippen LogP) is 1.17. The van der Waals surface area contributed by atoms with Crippen molar-refractivity contribution in [3.8, 4) is 11.8 Å². The van der Waals surface area contributed by atoms with Crippen LogP contribution in [0.5, 0.6) is 5.75 Å². The van der Waals surface area contributed by atoms with Crippen molar-refractivity contribution in [2.75, 3.05) is 26.2 Å². The van der Waals surface area contributed by atoms with Crippen LogP contribution < -0.4 is 10.1 Å². The van der Waals surface area contributed by atoms with Gasteiger partial charge < -0.3 is 10.1 Å². The van der Waals surface area contributed by atoms with Crippen LogP contribution in [0.1, 0.15) is 12.8 Å². The van der Waals surface area contributed by atoms with Gasteiger partial charge in [-0.15, -0.1) is 0 Å². The summed E-state index contributed by atoms with van der Waals surface area (Å²) in [5.74, 6) is 0.610. The Morgan fingerprint density at radius 1 is 1.35 bits per heavy atom. The molecule has 0 radical (unpaired) electrons. The minimum atomic E-state index is -0.0902. The summed E-state index contributed by atoms with van der Waals surface area (Å²) in [5, 5.41) is 11.6. The van der Waals surface area contributed by atoms with Crippen molar-refractivity contribution in [3.63, 3.8) is 0 Å². The normalized spacial score (nSPS) is 16.4. The molecule has 1 aromatic carbocycles. The second kappa shape index (κ2) is 7.51. The van der Waals surface area contributed by atoms with E-state index in [1.54, 1.807) is 0 Å². The fourth-order valence-corrected chi connectivity index (χ4v) is 2.27. The third-order valence-corrected chi connectivity index (χ3v) is 3.36. The third-order valence-electron chi connectivity index (χ3n) is 3.36. The van der Waals surface area contributed by atoms with E-state index in [2.05, 4.69) is 16.3 Å². The molecule has 1 amide bonds. The fraction of sp³-hybridized carbons (Fsp3) is 0.467. The Balaban J connectivity index is 1.67. The van der Waals surface area contributed by atoms with Crippen molar-refractivity contribution >= 4 is 5.91 Å². The summed E-state index contributed by atoms with van der Waals surface area (Å²) < 4.78 is 5.40. The largest absolute Gasteiger partial charge is 0.484 e. The maximum atomic E-state index is 11.8. The summed E-state index contributed by atoms with van der Waals surface area (Å²) in [7, 11) is 0. The van der Waals surface area contributed by atoms with E-state index in [-0.39, 0.29) is 18.6 Å². The van der Waals surface area contributed by atoms with Crippen molar-refractivity contribution in [2.24, 2.45) is 0 Å². The highest BCUT2D eigenvalue weighted by Gasteiger charge is 2.20. The molecule has 1 fully saturated rings. The number of nitriles is 1. The lowest BCUT2D eigenvalue weighted by atomic mass is 10.1. The number of benzene rings is 1. The molecule has 0 atom stereocenters. The standard InChI is InChI=1S/C15H19N3O2/c16-8-11-18-9-6-13(7-10-18)17-15(19)12-20-14-4-2-1-3-5-14/h1-5,13H,6-7,9-12H2,(H,17,19). The number of amides is 1. The number of hydrogen-bond acceptors (Lipinski definition) is 4. The Bertz CT molecular complexity index is 462. The average molecular weight is 273 g/mol. The summed E-state index contributed by atoms with van der Waals surface area (Å²) in [6, 6.07) is 11.6. The lowest BCUT2D eigenvalue weighted by molar-refractivity contribution is -0.124. The first-order valence-electron chi connectivity index (χ1n) is 6.84. The second-order valence-electron chi connectivity index (χ2n) is 4.88. The van der Waals surface area contributed by atoms with Gasteiger partial charge in [0.15, 0.2) is 6.61 Å². The summed E-state index contributed by atoms with van der Waals surface area (Å²) in [6.45, 7) is 2.23. The molecule has 106 valence electrons. The van der Waals surface area contributed by atoms with Crippen LogP contribution in [-0.2, 0) is 4.79 Å². The number of ether oxygens (including phenoxy) is 1. The van der Waals surface area contributed by atoms with Crippen LogP contribution in [0.3, 0.4) is 0 Å². The molecule has 1 heterocycles. The maximum absolute atomic E-state index is 11.8. The molecule has 0 spiro atoms. The Morgan fingerprint density at radius 3 is 2.70 bits per heavy atom. The van der Waals surface area contributed by atoms with Crippen LogP contribution in [0.2, 0.25) is 0 Å². The molecule has 1 saturated heterocycles. The zero-order valence-electron chi connectivity index (χ0n) is 11.4. The van der Waals surface area contributed by atoms with Gasteiger partial charge in [-0.05, 0) is 25.0 Å². The first-order valence-corrected chi connectivity index (χ1v) is 6.84. The Labute approximate surface area is 119 Å². The smallest absolute Gasteiger partial charge is 0.258 e. The van der Waals surface area contributed by atoms with Crippen molar-refractivity contribution in [1.29, 1.82) is 5.26 Å². The molecule has 1 aliphatic rings. The number of hydrogen-bond donors (Lipinski definition) is 1. The highest BCUT2D eigenvalue weighted by Crippen LogP contribution is 2.10. The predicted molar refractivity (Wildman–Crippen MR) is 75.2 cm³/mol. The van der Waals surface area contributed by atoms with E-state index >= 15 is 0 Å². The van der Waals surface area contributed by atoms with Crippen LogP contribution in [-0.4, -0.2) is 43.1 Å². The monoisotopic (exact) mass is 273 g/mol. The van der Waals surface area contributed by atoms with Gasteiger partial charge >= 0.3 is 0 Å². The second-order valence-corrected chi connectivity index (χ2v) is 4.88. The van der Waals surface area contributed by atoms with E-state index in [9.17, 15) is 4.79 Å². The number of carbonyl (C=O) groups is 1. The molecule has 0 aromatic heterocycles. The number of nitrogens with one attached hydrogen (secondary N) is 1. The SMILES string of the molecule is N#CCN1CCC(NC(=O)COc2ccccc2)CC1. The van der Waals surface area contributed by atoms with Crippen molar-refractivity contribution in [2.45, 2.75) is 18.9 Å². The van der Waals surface area contributed by atoms with E-state index in [0.29, 0.717) is 12.3 Å². The van der Waals surface area contributed by atoms with Gasteiger partial charge in [0, 0.05) is 19.1 Å².